The van der Waals surface area contributed by atoms with Gasteiger partial charge in [0, 0.05) is 29.4 Å². The van der Waals surface area contributed by atoms with E-state index in [-0.39, 0.29) is 18.5 Å². The Morgan fingerprint density at radius 1 is 1.76 bits per heavy atom. The van der Waals surface area contributed by atoms with Gasteiger partial charge in [-0.2, -0.15) is 0 Å². The molecule has 0 spiro atoms. The number of pyridine rings is 1. The summed E-state index contributed by atoms with van der Waals surface area (Å²) in [6.07, 6.45) is 3.80. The number of nitrogens with zero attached hydrogens (tertiary/aromatic N) is 5. The summed E-state index contributed by atoms with van der Waals surface area (Å²) in [5.74, 6) is -0.228. The number of azide groups is 1. The lowest BCUT2D eigenvalue weighted by Crippen LogP contribution is -2.46. The van der Waals surface area contributed by atoms with Crippen LogP contribution in [0.5, 0.6) is 0 Å². The van der Waals surface area contributed by atoms with Crippen molar-refractivity contribution in [1.29, 1.82) is 0 Å². The number of amides is 1. The number of rotatable bonds is 3. The summed E-state index contributed by atoms with van der Waals surface area (Å²) >= 11 is 0. The summed E-state index contributed by atoms with van der Waals surface area (Å²) in [5.41, 5.74) is 9.75. The second kappa shape index (κ2) is 4.82. The van der Waals surface area contributed by atoms with Gasteiger partial charge in [-0.05, 0) is 23.6 Å². The molecule has 1 atom stereocenters. The molecule has 7 heteroatoms. The first-order valence-electron chi connectivity index (χ1n) is 5.09. The Bertz CT molecular complexity index is 483. The van der Waals surface area contributed by atoms with Crippen LogP contribution in [0.3, 0.4) is 0 Å². The predicted octanol–water partition coefficient (Wildman–Crippen LogP) is 1.32. The highest BCUT2D eigenvalue weighted by Gasteiger charge is 2.32. The SMILES string of the molecule is CON1C(=O)c2ccncc2CC1CN=[N+]=[N-]. The number of hydrogen-bond acceptors (Lipinski definition) is 4. The molecule has 1 unspecified atom stereocenters. The van der Waals surface area contributed by atoms with Crippen molar-refractivity contribution in [3.05, 3.63) is 40.0 Å². The fraction of sp³-hybridized carbons (Fsp3) is 0.400. The van der Waals surface area contributed by atoms with Gasteiger partial charge in [-0.25, -0.2) is 5.06 Å². The third kappa shape index (κ3) is 2.06. The first-order valence-corrected chi connectivity index (χ1v) is 5.09. The van der Waals surface area contributed by atoms with Crippen molar-refractivity contribution in [2.75, 3.05) is 13.7 Å². The number of fused-ring (bicyclic) bond motifs is 1. The minimum Gasteiger partial charge on any atom is -0.274 e. The first-order chi connectivity index (χ1) is 8.27. The van der Waals surface area contributed by atoms with E-state index in [0.29, 0.717) is 12.0 Å². The Morgan fingerprint density at radius 3 is 3.29 bits per heavy atom. The topological polar surface area (TPSA) is 91.2 Å². The highest BCUT2D eigenvalue weighted by atomic mass is 16.7. The largest absolute Gasteiger partial charge is 0.278 e. The minimum atomic E-state index is -0.278. The Balaban J connectivity index is 2.34. The maximum Gasteiger partial charge on any atom is 0.278 e. The summed E-state index contributed by atoms with van der Waals surface area (Å²) in [5, 5.41) is 4.73. The average Bonchev–Trinajstić information content (AvgIpc) is 2.36. The number of hydroxylamine groups is 2. The van der Waals surface area contributed by atoms with Gasteiger partial charge in [0.2, 0.25) is 0 Å². The molecule has 0 aliphatic carbocycles. The van der Waals surface area contributed by atoms with Gasteiger partial charge in [-0.15, -0.1) is 0 Å². The second-order valence-corrected chi connectivity index (χ2v) is 3.62. The molecule has 0 saturated heterocycles. The maximum atomic E-state index is 12.1. The Kier molecular flexibility index (Phi) is 3.22. The molecule has 7 nitrogen and oxygen atoms in total. The fourth-order valence-corrected chi connectivity index (χ4v) is 1.92. The van der Waals surface area contributed by atoms with E-state index in [1.54, 1.807) is 18.5 Å². The molecule has 0 fully saturated rings. The van der Waals surface area contributed by atoms with Gasteiger partial charge in [-0.1, -0.05) is 5.11 Å². The van der Waals surface area contributed by atoms with Crippen molar-refractivity contribution in [3.8, 4) is 0 Å². The van der Waals surface area contributed by atoms with Crippen LogP contribution >= 0.6 is 0 Å². The molecule has 2 rings (SSSR count). The zero-order chi connectivity index (χ0) is 12.3. The molecule has 0 bridgehead atoms. The summed E-state index contributed by atoms with van der Waals surface area (Å²) in [4.78, 5) is 23.8. The molecule has 0 N–H and O–H groups in total. The van der Waals surface area contributed by atoms with E-state index in [9.17, 15) is 4.79 Å². The molecule has 1 aliphatic heterocycles. The summed E-state index contributed by atoms with van der Waals surface area (Å²) in [6.45, 7) is 0.185. The third-order valence-corrected chi connectivity index (χ3v) is 2.67. The van der Waals surface area contributed by atoms with Gasteiger partial charge in [0.15, 0.2) is 0 Å². The molecule has 2 heterocycles. The molecule has 1 aromatic rings. The Hall–Kier alpha value is -2.11. The molecule has 0 saturated carbocycles. The molecular weight excluding hydrogens is 222 g/mol. The lowest BCUT2D eigenvalue weighted by Gasteiger charge is -2.33. The van der Waals surface area contributed by atoms with Crippen LogP contribution in [-0.4, -0.2) is 35.7 Å². The van der Waals surface area contributed by atoms with Crippen molar-refractivity contribution >= 4 is 5.91 Å². The number of carbonyl (C=O) groups excluding carboxylic acids is 1. The minimum absolute atomic E-state index is 0.185. The molecule has 88 valence electrons. The van der Waals surface area contributed by atoms with Gasteiger partial charge in [0.1, 0.15) is 0 Å². The van der Waals surface area contributed by atoms with E-state index in [0.717, 1.165) is 5.56 Å². The van der Waals surface area contributed by atoms with Gasteiger partial charge in [0.05, 0.1) is 13.2 Å². The van der Waals surface area contributed by atoms with E-state index in [4.69, 9.17) is 10.4 Å². The van der Waals surface area contributed by atoms with Gasteiger partial charge in [0.25, 0.3) is 5.91 Å². The zero-order valence-corrected chi connectivity index (χ0v) is 9.28. The van der Waals surface area contributed by atoms with E-state index >= 15 is 0 Å². The molecule has 1 aromatic heterocycles. The average molecular weight is 233 g/mol. The molecule has 0 aromatic carbocycles. The number of aromatic nitrogens is 1. The van der Waals surface area contributed by atoms with Gasteiger partial charge in [-0.3, -0.25) is 14.6 Å². The van der Waals surface area contributed by atoms with Crippen LogP contribution in [0.25, 0.3) is 10.4 Å². The summed E-state index contributed by atoms with van der Waals surface area (Å²) < 4.78 is 0. The lowest BCUT2D eigenvalue weighted by molar-refractivity contribution is -0.123. The van der Waals surface area contributed by atoms with Gasteiger partial charge < -0.3 is 0 Å². The van der Waals surface area contributed by atoms with Crippen molar-refractivity contribution in [2.24, 2.45) is 5.11 Å². The molecule has 0 radical (unpaired) electrons. The summed E-state index contributed by atoms with van der Waals surface area (Å²) in [6, 6.07) is 1.38. The highest BCUT2D eigenvalue weighted by Crippen LogP contribution is 2.22. The van der Waals surface area contributed by atoms with E-state index < -0.39 is 0 Å². The molecule has 17 heavy (non-hydrogen) atoms. The molecule has 1 aliphatic rings. The van der Waals surface area contributed by atoms with Crippen LogP contribution in [0.1, 0.15) is 15.9 Å². The lowest BCUT2D eigenvalue weighted by atomic mass is 9.97. The van der Waals surface area contributed by atoms with E-state index in [2.05, 4.69) is 15.0 Å². The molecular formula is C10H11N5O2. The van der Waals surface area contributed by atoms with E-state index in [1.807, 2.05) is 0 Å². The number of carbonyl (C=O) groups is 1. The standard InChI is InChI=1S/C10H11N5O2/c1-17-15-8(6-13-14-11)4-7-5-12-3-2-9(7)10(15)16/h2-3,5,8H,4,6H2,1H3. The van der Waals surface area contributed by atoms with Crippen LogP contribution in [-0.2, 0) is 11.3 Å². The first kappa shape index (κ1) is 11.4. The van der Waals surface area contributed by atoms with Gasteiger partial charge >= 0.3 is 0 Å². The smallest absolute Gasteiger partial charge is 0.274 e. The van der Waals surface area contributed by atoms with Crippen LogP contribution in [0.2, 0.25) is 0 Å². The fourth-order valence-electron chi connectivity index (χ4n) is 1.92. The van der Waals surface area contributed by atoms with Crippen LogP contribution in [0, 0.1) is 0 Å². The van der Waals surface area contributed by atoms with Crippen LogP contribution in [0.4, 0.5) is 0 Å². The monoisotopic (exact) mass is 233 g/mol. The maximum absolute atomic E-state index is 12.1. The quantitative estimate of drug-likeness (QED) is 0.447. The van der Waals surface area contributed by atoms with Crippen molar-refractivity contribution in [3.63, 3.8) is 0 Å². The Labute approximate surface area is 97.6 Å². The van der Waals surface area contributed by atoms with Crippen molar-refractivity contribution in [2.45, 2.75) is 12.5 Å². The molecule has 1 amide bonds. The second-order valence-electron chi connectivity index (χ2n) is 3.62. The van der Waals surface area contributed by atoms with E-state index in [1.165, 1.54) is 12.2 Å². The zero-order valence-electron chi connectivity index (χ0n) is 9.28. The summed E-state index contributed by atoms with van der Waals surface area (Å²) in [7, 11) is 1.42. The normalized spacial score (nSPS) is 18.5. The predicted molar refractivity (Wildman–Crippen MR) is 58.9 cm³/mol. The Morgan fingerprint density at radius 2 is 2.59 bits per heavy atom. The number of hydrogen-bond donors (Lipinski definition) is 0. The van der Waals surface area contributed by atoms with Crippen LogP contribution in [0.15, 0.2) is 23.6 Å². The van der Waals surface area contributed by atoms with Crippen LogP contribution < -0.4 is 0 Å². The highest BCUT2D eigenvalue weighted by molar-refractivity contribution is 5.96. The third-order valence-electron chi connectivity index (χ3n) is 2.67. The van der Waals surface area contributed by atoms with Crippen molar-refractivity contribution < 1.29 is 9.63 Å². The van der Waals surface area contributed by atoms with Crippen molar-refractivity contribution in [1.82, 2.24) is 10.0 Å².